The number of halogens is 3. The molecule has 0 fully saturated rings. The maximum atomic E-state index is 8.41. The zero-order valence-electron chi connectivity index (χ0n) is 6.12. The van der Waals surface area contributed by atoms with E-state index in [1.807, 2.05) is 0 Å². The third-order valence-electron chi connectivity index (χ3n) is 0. The number of hydrogen-bond acceptors (Lipinski definition) is 9. The SMILES string of the molecule is [Na+].[Ni+2].[O-][Cl+2]([O-])[O-].[O-][Cl+2]([O-])[O-].[O-][Cl+2]([O-])[O-]. The molecule has 0 radical (unpaired) electrons. The minimum absolute atomic E-state index is 0. The molecule has 0 amide bonds. The van der Waals surface area contributed by atoms with Crippen molar-refractivity contribution < 1.29 is 120 Å². The molecule has 0 heterocycles. The molecule has 0 atom stereocenters. The van der Waals surface area contributed by atoms with Gasteiger partial charge in [0.15, 0.2) is 0 Å². The Labute approximate surface area is 119 Å². The van der Waals surface area contributed by atoms with Crippen molar-refractivity contribution in [1.29, 1.82) is 0 Å². The summed E-state index contributed by atoms with van der Waals surface area (Å²) in [5, 5.41) is 0. The van der Waals surface area contributed by atoms with E-state index in [9.17, 15) is 0 Å². The van der Waals surface area contributed by atoms with Crippen LogP contribution in [-0.4, -0.2) is 0 Å². The topological polar surface area (TPSA) is 208 Å². The van der Waals surface area contributed by atoms with E-state index in [1.54, 1.807) is 0 Å². The van der Waals surface area contributed by atoms with E-state index in [0.29, 0.717) is 0 Å². The fraction of sp³-hybridized carbons (Fsp3) is 0. The molecule has 9 nitrogen and oxygen atoms in total. The van der Waals surface area contributed by atoms with Crippen LogP contribution in [0.1, 0.15) is 0 Å². The van der Waals surface area contributed by atoms with Gasteiger partial charge in [0.05, 0.1) is 32.4 Å². The molecular formula is Cl3NaNiO9. The van der Waals surface area contributed by atoms with E-state index in [0.717, 1.165) is 0 Å². The van der Waals surface area contributed by atoms with E-state index in [-0.39, 0.29) is 46.0 Å². The Kier molecular flexibility index (Phi) is 51.6. The molecule has 0 spiro atoms. The van der Waals surface area contributed by atoms with Crippen LogP contribution in [0.25, 0.3) is 0 Å². The van der Waals surface area contributed by atoms with E-state index >= 15 is 0 Å². The Balaban J connectivity index is -0.0000000270. The predicted octanol–water partition coefficient (Wildman–Crippen LogP) is -13.7. The Morgan fingerprint density at radius 1 is 0.429 bits per heavy atom. The summed E-state index contributed by atoms with van der Waals surface area (Å²) < 4.78 is 75.7. The van der Waals surface area contributed by atoms with Crippen molar-refractivity contribution in [3.8, 4) is 0 Å². The molecule has 0 bridgehead atoms. The summed E-state index contributed by atoms with van der Waals surface area (Å²) in [6, 6.07) is 0. The van der Waals surface area contributed by atoms with Crippen LogP contribution in [-0.2, 0) is 16.5 Å². The predicted molar refractivity (Wildman–Crippen MR) is 0 cm³/mol. The second-order valence-corrected chi connectivity index (χ2v) is 1.70. The van der Waals surface area contributed by atoms with Crippen LogP contribution in [0.4, 0.5) is 0 Å². The van der Waals surface area contributed by atoms with Gasteiger partial charge < -0.3 is 41.9 Å². The van der Waals surface area contributed by atoms with Gasteiger partial charge in [-0.1, -0.05) is 0 Å². The molecule has 0 aromatic rings. The average Bonchev–Trinajstić information content (AvgIpc) is 1.54. The van der Waals surface area contributed by atoms with Crippen molar-refractivity contribution in [3.63, 3.8) is 0 Å². The van der Waals surface area contributed by atoms with Crippen molar-refractivity contribution in [3.05, 3.63) is 0 Å². The quantitative estimate of drug-likeness (QED) is 0.385. The monoisotopic (exact) mass is 330 g/mol. The number of hydrogen-bond donors (Lipinski definition) is 0. The molecule has 0 saturated heterocycles. The zero-order valence-corrected chi connectivity index (χ0v) is 11.4. The van der Waals surface area contributed by atoms with Crippen molar-refractivity contribution >= 4 is 0 Å². The zero-order chi connectivity index (χ0) is 10.7. The maximum absolute atomic E-state index is 8.41. The van der Waals surface area contributed by atoms with Gasteiger partial charge in [0.25, 0.3) is 0 Å². The molecule has 0 rings (SSSR count). The normalized spacial score (nSPS) is 7.71. The molecule has 86 valence electrons. The van der Waals surface area contributed by atoms with Crippen LogP contribution < -0.4 is 71.5 Å². The van der Waals surface area contributed by atoms with Crippen LogP contribution in [0.3, 0.4) is 0 Å². The van der Waals surface area contributed by atoms with Gasteiger partial charge in [-0.25, -0.2) is 0 Å². The van der Waals surface area contributed by atoms with E-state index in [1.165, 1.54) is 0 Å². The molecule has 0 saturated carbocycles. The van der Waals surface area contributed by atoms with Crippen LogP contribution in [0.5, 0.6) is 0 Å². The molecule has 0 aliphatic rings. The molecular weight excluding hydrogens is 332 g/mol. The largest absolute Gasteiger partial charge is 2.00 e. The van der Waals surface area contributed by atoms with E-state index in [4.69, 9.17) is 41.9 Å². The van der Waals surface area contributed by atoms with Crippen molar-refractivity contribution in [1.82, 2.24) is 0 Å². The first-order chi connectivity index (χ1) is 5.20. The molecule has 0 aliphatic carbocycles. The van der Waals surface area contributed by atoms with Gasteiger partial charge in [-0.15, -0.1) is 0 Å². The van der Waals surface area contributed by atoms with Gasteiger partial charge in [-0.05, 0) is 0 Å². The average molecular weight is 332 g/mol. The van der Waals surface area contributed by atoms with Gasteiger partial charge in [0.1, 0.15) is 0 Å². The molecule has 14 heavy (non-hydrogen) atoms. The Morgan fingerprint density at radius 3 is 0.429 bits per heavy atom. The summed E-state index contributed by atoms with van der Waals surface area (Å²) >= 11 is 0. The van der Waals surface area contributed by atoms with Crippen LogP contribution >= 0.6 is 0 Å². The summed E-state index contributed by atoms with van der Waals surface area (Å²) in [6.07, 6.45) is 0. The Bertz CT molecular complexity index is 48.5. The number of rotatable bonds is 0. The molecule has 0 aromatic carbocycles. The summed E-state index contributed by atoms with van der Waals surface area (Å²) in [5.41, 5.74) is 0. The molecule has 0 unspecified atom stereocenters. The van der Waals surface area contributed by atoms with Crippen molar-refractivity contribution in [2.24, 2.45) is 0 Å². The third kappa shape index (κ3) is 590. The first kappa shape index (κ1) is 29.8. The van der Waals surface area contributed by atoms with Crippen LogP contribution in [0, 0.1) is 32.4 Å². The maximum Gasteiger partial charge on any atom is 2.00 e. The fourth-order valence-electron chi connectivity index (χ4n) is 0. The summed E-state index contributed by atoms with van der Waals surface area (Å²) in [5.74, 6) is 0. The molecule has 0 aromatic heterocycles. The minimum atomic E-state index is -2.85. The first-order valence-electron chi connectivity index (χ1n) is 1.39. The van der Waals surface area contributed by atoms with Gasteiger partial charge in [0, 0.05) is 0 Å². The third-order valence-corrected chi connectivity index (χ3v) is 0. The van der Waals surface area contributed by atoms with Gasteiger partial charge in [-0.3, -0.25) is 0 Å². The Hall–Kier alpha value is 2.00. The summed E-state index contributed by atoms with van der Waals surface area (Å²) in [7, 11) is -8.56. The summed E-state index contributed by atoms with van der Waals surface area (Å²) in [4.78, 5) is 0. The molecule has 0 N–H and O–H groups in total. The van der Waals surface area contributed by atoms with Gasteiger partial charge in [0.2, 0.25) is 0 Å². The minimum Gasteiger partial charge on any atom is -0.357 e. The molecule has 0 aliphatic heterocycles. The standard InChI is InChI=1S/3ClO3.Na.Ni/c3*2-1(3)4;;/q3*-1;+1;+2. The van der Waals surface area contributed by atoms with E-state index in [2.05, 4.69) is 0 Å². The molecule has 14 heteroatoms. The van der Waals surface area contributed by atoms with E-state index < -0.39 is 32.4 Å². The first-order valence-corrected chi connectivity index (χ1v) is 4.17. The Morgan fingerprint density at radius 2 is 0.429 bits per heavy atom. The summed E-state index contributed by atoms with van der Waals surface area (Å²) in [6.45, 7) is 0. The van der Waals surface area contributed by atoms with Crippen molar-refractivity contribution in [2.75, 3.05) is 0 Å². The van der Waals surface area contributed by atoms with Crippen molar-refractivity contribution in [2.45, 2.75) is 0 Å². The second-order valence-electron chi connectivity index (χ2n) is 0.567. The van der Waals surface area contributed by atoms with Crippen LogP contribution in [0.15, 0.2) is 0 Å². The fourth-order valence-corrected chi connectivity index (χ4v) is 0. The van der Waals surface area contributed by atoms with Gasteiger partial charge >= 0.3 is 46.0 Å². The second kappa shape index (κ2) is 24.3. The van der Waals surface area contributed by atoms with Gasteiger partial charge in [-0.2, -0.15) is 0 Å². The smallest absolute Gasteiger partial charge is 0.357 e. The van der Waals surface area contributed by atoms with Crippen LogP contribution in [0.2, 0.25) is 0 Å².